The Kier molecular flexibility index (Phi) is 3.29. The van der Waals surface area contributed by atoms with E-state index in [9.17, 15) is 4.79 Å². The van der Waals surface area contributed by atoms with E-state index in [2.05, 4.69) is 6.07 Å². The Balaban J connectivity index is 2.19. The smallest absolute Gasteiger partial charge is 0.224 e. The van der Waals surface area contributed by atoms with Crippen LogP contribution in [0, 0.1) is 11.3 Å². The molecule has 0 spiro atoms. The van der Waals surface area contributed by atoms with Gasteiger partial charge in [0, 0.05) is 6.92 Å². The number of anilines is 1. The summed E-state index contributed by atoms with van der Waals surface area (Å²) in [6, 6.07) is 15.6. The number of carbonyl (C=O) groups is 1. The molecule has 0 unspecified atom stereocenters. The number of hydrogen-bond donors (Lipinski definition) is 0. The highest BCUT2D eigenvalue weighted by molar-refractivity contribution is 5.95. The molecule has 1 aliphatic rings. The van der Waals surface area contributed by atoms with Crippen LogP contribution in [-0.4, -0.2) is 5.91 Å². The van der Waals surface area contributed by atoms with Crippen LogP contribution in [0.2, 0.25) is 0 Å². The topological polar surface area (TPSA) is 44.1 Å². The van der Waals surface area contributed by atoms with Crippen molar-refractivity contribution < 1.29 is 4.79 Å². The lowest BCUT2D eigenvalue weighted by Gasteiger charge is -2.25. The quantitative estimate of drug-likeness (QED) is 0.736. The zero-order chi connectivity index (χ0) is 14.8. The highest BCUT2D eigenvalue weighted by Crippen LogP contribution is 2.29. The fourth-order valence-electron chi connectivity index (χ4n) is 2.57. The molecule has 102 valence electrons. The Morgan fingerprint density at radius 2 is 1.90 bits per heavy atom. The number of hydrogen-bond acceptors (Lipinski definition) is 2. The molecule has 0 aliphatic carbocycles. The second-order valence-electron chi connectivity index (χ2n) is 5.02. The summed E-state index contributed by atoms with van der Waals surface area (Å²) in [5, 5.41) is 9.05. The molecular formula is C18H14N2O. The summed E-state index contributed by atoms with van der Waals surface area (Å²) in [6.07, 6.45) is 4.04. The zero-order valence-electron chi connectivity index (χ0n) is 11.7. The van der Waals surface area contributed by atoms with Gasteiger partial charge in [-0.3, -0.25) is 4.79 Å². The molecule has 0 saturated carbocycles. The lowest BCUT2D eigenvalue weighted by molar-refractivity contribution is -0.116. The van der Waals surface area contributed by atoms with Crippen molar-refractivity contribution >= 4 is 23.7 Å². The predicted octanol–water partition coefficient (Wildman–Crippen LogP) is 3.60. The maximum Gasteiger partial charge on any atom is 0.224 e. The molecule has 3 rings (SSSR count). The van der Waals surface area contributed by atoms with Crippen LogP contribution in [0.5, 0.6) is 0 Å². The number of rotatable bonds is 0. The van der Waals surface area contributed by atoms with Gasteiger partial charge in [-0.25, -0.2) is 0 Å². The average molecular weight is 274 g/mol. The number of benzene rings is 2. The molecule has 0 atom stereocenters. The largest absolute Gasteiger partial charge is 0.308 e. The number of nitrogens with zero attached hydrogens (tertiary/aromatic N) is 2. The van der Waals surface area contributed by atoms with Crippen molar-refractivity contribution in [3.05, 3.63) is 64.7 Å². The molecule has 1 aliphatic heterocycles. The lowest BCUT2D eigenvalue weighted by atomic mass is 9.99. The van der Waals surface area contributed by atoms with Crippen LogP contribution in [-0.2, 0) is 11.3 Å². The number of carbonyl (C=O) groups excluding carboxylic acids is 1. The maximum absolute atomic E-state index is 12.0. The van der Waals surface area contributed by atoms with E-state index in [4.69, 9.17) is 5.26 Å². The molecule has 3 heteroatoms. The van der Waals surface area contributed by atoms with E-state index < -0.39 is 0 Å². The summed E-state index contributed by atoms with van der Waals surface area (Å²) in [7, 11) is 0. The Hall–Kier alpha value is -2.86. The van der Waals surface area contributed by atoms with E-state index in [1.165, 1.54) is 0 Å². The normalized spacial score (nSPS) is 14.2. The molecule has 0 N–H and O–H groups in total. The predicted molar refractivity (Wildman–Crippen MR) is 83.4 cm³/mol. The summed E-state index contributed by atoms with van der Waals surface area (Å²) in [4.78, 5) is 13.8. The SMILES string of the molecule is CC(=O)N1Cc2cc(C#N)ccc2/C=C\c2ccccc21. The van der Waals surface area contributed by atoms with Gasteiger partial charge >= 0.3 is 0 Å². The minimum Gasteiger partial charge on any atom is -0.308 e. The van der Waals surface area contributed by atoms with Crippen molar-refractivity contribution in [3.63, 3.8) is 0 Å². The third-order valence-corrected chi connectivity index (χ3v) is 3.65. The first-order valence-electron chi connectivity index (χ1n) is 6.77. The first-order chi connectivity index (χ1) is 10.2. The van der Waals surface area contributed by atoms with Gasteiger partial charge in [-0.05, 0) is 34.9 Å². The average Bonchev–Trinajstić information content (AvgIpc) is 2.49. The summed E-state index contributed by atoms with van der Waals surface area (Å²) in [6.45, 7) is 2.04. The van der Waals surface area contributed by atoms with Crippen LogP contribution >= 0.6 is 0 Å². The van der Waals surface area contributed by atoms with Crippen molar-refractivity contribution in [1.82, 2.24) is 0 Å². The van der Waals surface area contributed by atoms with Crippen LogP contribution in [0.4, 0.5) is 5.69 Å². The van der Waals surface area contributed by atoms with E-state index in [1.807, 2.05) is 48.6 Å². The first kappa shape index (κ1) is 13.1. The fraction of sp³-hybridized carbons (Fsp3) is 0.111. The van der Waals surface area contributed by atoms with Crippen LogP contribution in [0.3, 0.4) is 0 Å². The molecule has 1 heterocycles. The molecule has 2 aromatic carbocycles. The van der Waals surface area contributed by atoms with Gasteiger partial charge in [-0.1, -0.05) is 36.4 Å². The highest BCUT2D eigenvalue weighted by atomic mass is 16.2. The van der Waals surface area contributed by atoms with Crippen LogP contribution in [0.15, 0.2) is 42.5 Å². The summed E-state index contributed by atoms with van der Waals surface area (Å²) >= 11 is 0. The zero-order valence-corrected chi connectivity index (χ0v) is 11.7. The Bertz CT molecular complexity index is 784. The number of amides is 1. The Morgan fingerprint density at radius 1 is 1.14 bits per heavy atom. The van der Waals surface area contributed by atoms with E-state index in [0.29, 0.717) is 12.1 Å². The van der Waals surface area contributed by atoms with Crippen molar-refractivity contribution in [1.29, 1.82) is 5.26 Å². The van der Waals surface area contributed by atoms with Crippen molar-refractivity contribution in [2.24, 2.45) is 0 Å². The van der Waals surface area contributed by atoms with Crippen LogP contribution in [0.1, 0.15) is 29.2 Å². The van der Waals surface area contributed by atoms with Gasteiger partial charge in [0.05, 0.1) is 23.9 Å². The van der Waals surface area contributed by atoms with Crippen molar-refractivity contribution in [2.75, 3.05) is 4.90 Å². The minimum atomic E-state index is -0.00828. The second-order valence-corrected chi connectivity index (χ2v) is 5.02. The molecule has 1 amide bonds. The standard InChI is InChI=1S/C18H14N2O/c1-13(21)20-12-17-10-14(11-19)6-7-15(17)8-9-16-4-2-3-5-18(16)20/h2-10H,12H2,1H3/b9-8-. The Morgan fingerprint density at radius 3 is 2.67 bits per heavy atom. The van der Waals surface area contributed by atoms with Gasteiger partial charge in [0.1, 0.15) is 0 Å². The van der Waals surface area contributed by atoms with E-state index >= 15 is 0 Å². The van der Waals surface area contributed by atoms with E-state index in [-0.39, 0.29) is 5.91 Å². The third-order valence-electron chi connectivity index (χ3n) is 3.65. The Labute approximate surface area is 123 Å². The molecule has 0 fully saturated rings. The monoisotopic (exact) mass is 274 g/mol. The van der Waals surface area contributed by atoms with Gasteiger partial charge in [0.2, 0.25) is 5.91 Å². The van der Waals surface area contributed by atoms with E-state index in [0.717, 1.165) is 22.4 Å². The molecule has 2 aromatic rings. The van der Waals surface area contributed by atoms with Gasteiger partial charge in [-0.2, -0.15) is 5.26 Å². The molecular weight excluding hydrogens is 260 g/mol. The first-order valence-corrected chi connectivity index (χ1v) is 6.77. The fourth-order valence-corrected chi connectivity index (χ4v) is 2.57. The third kappa shape index (κ3) is 2.44. The minimum absolute atomic E-state index is 0.00828. The molecule has 0 saturated heterocycles. The molecule has 0 aromatic heterocycles. The van der Waals surface area contributed by atoms with E-state index in [1.54, 1.807) is 17.9 Å². The van der Waals surface area contributed by atoms with Crippen molar-refractivity contribution in [3.8, 4) is 6.07 Å². The molecule has 0 radical (unpaired) electrons. The lowest BCUT2D eigenvalue weighted by Crippen LogP contribution is -2.29. The highest BCUT2D eigenvalue weighted by Gasteiger charge is 2.18. The maximum atomic E-state index is 12.0. The summed E-state index contributed by atoms with van der Waals surface area (Å²) in [5.41, 5.74) is 4.54. The molecule has 21 heavy (non-hydrogen) atoms. The summed E-state index contributed by atoms with van der Waals surface area (Å²) < 4.78 is 0. The van der Waals surface area contributed by atoms with Gasteiger partial charge in [-0.15, -0.1) is 0 Å². The number of para-hydroxylation sites is 1. The second kappa shape index (κ2) is 5.26. The van der Waals surface area contributed by atoms with Crippen molar-refractivity contribution in [2.45, 2.75) is 13.5 Å². The molecule has 0 bridgehead atoms. The number of fused-ring (bicyclic) bond motifs is 2. The number of nitriles is 1. The van der Waals surface area contributed by atoms with Gasteiger partial charge in [0.25, 0.3) is 0 Å². The van der Waals surface area contributed by atoms with Crippen LogP contribution < -0.4 is 4.90 Å². The molecule has 3 nitrogen and oxygen atoms in total. The summed E-state index contributed by atoms with van der Waals surface area (Å²) in [5.74, 6) is -0.00828. The van der Waals surface area contributed by atoms with Gasteiger partial charge < -0.3 is 4.90 Å². The van der Waals surface area contributed by atoms with Gasteiger partial charge in [0.15, 0.2) is 0 Å². The van der Waals surface area contributed by atoms with Crippen LogP contribution in [0.25, 0.3) is 12.2 Å².